The second-order valence-corrected chi connectivity index (χ2v) is 2.61. The van der Waals surface area contributed by atoms with Crippen LogP contribution in [0.5, 0.6) is 0 Å². The first-order valence-corrected chi connectivity index (χ1v) is 3.64. The maximum absolute atomic E-state index is 12.2. The summed E-state index contributed by atoms with van der Waals surface area (Å²) in [5, 5.41) is -0.384. The van der Waals surface area contributed by atoms with Gasteiger partial charge in [0, 0.05) is 11.8 Å². The molecule has 0 saturated heterocycles. The molecule has 0 fully saturated rings. The van der Waals surface area contributed by atoms with E-state index < -0.39 is 17.9 Å². The van der Waals surface area contributed by atoms with Crippen molar-refractivity contribution >= 4 is 17.5 Å². The van der Waals surface area contributed by atoms with Crippen molar-refractivity contribution in [1.29, 1.82) is 0 Å². The van der Waals surface area contributed by atoms with Gasteiger partial charge in [-0.05, 0) is 6.07 Å². The van der Waals surface area contributed by atoms with Crippen LogP contribution in [-0.2, 0) is 0 Å². The smallest absolute Gasteiger partial charge is 0.268 e. The Balaban J connectivity index is 3.26. The Morgan fingerprint density at radius 3 is 2.69 bits per heavy atom. The minimum absolute atomic E-state index is 0.334. The molecule has 0 atom stereocenters. The highest BCUT2D eigenvalue weighted by Gasteiger charge is 2.17. The Morgan fingerprint density at radius 1 is 1.62 bits per heavy atom. The van der Waals surface area contributed by atoms with E-state index in [1.807, 2.05) is 0 Å². The van der Waals surface area contributed by atoms with Gasteiger partial charge in [0.05, 0.1) is 5.02 Å². The Labute approximate surface area is 77.5 Å². The Morgan fingerprint density at radius 2 is 2.23 bits per heavy atom. The van der Waals surface area contributed by atoms with Crippen LogP contribution in [0.25, 0.3) is 0 Å². The molecule has 70 valence electrons. The lowest BCUT2D eigenvalue weighted by Crippen LogP contribution is -2.14. The number of hydrogen-bond donors (Lipinski definition) is 1. The zero-order chi connectivity index (χ0) is 10.0. The Hall–Kier alpha value is -1.23. The van der Waals surface area contributed by atoms with Crippen LogP contribution in [0.4, 0.5) is 8.78 Å². The van der Waals surface area contributed by atoms with E-state index in [9.17, 15) is 13.6 Å². The second-order valence-electron chi connectivity index (χ2n) is 2.23. The number of carbonyl (C=O) groups excluding carboxylic acids is 1. The summed E-state index contributed by atoms with van der Waals surface area (Å²) in [4.78, 5) is 14.1. The van der Waals surface area contributed by atoms with Gasteiger partial charge in [0.25, 0.3) is 12.3 Å². The minimum Gasteiger partial charge on any atom is -0.364 e. The number of hydrogen-bond acceptors (Lipinski definition) is 2. The molecule has 0 aliphatic rings. The minimum atomic E-state index is -2.74. The van der Waals surface area contributed by atoms with Crippen LogP contribution in [0.15, 0.2) is 12.3 Å². The highest BCUT2D eigenvalue weighted by Crippen LogP contribution is 2.27. The maximum Gasteiger partial charge on any atom is 0.268 e. The lowest BCUT2D eigenvalue weighted by atomic mass is 10.2. The molecule has 0 unspecified atom stereocenters. The van der Waals surface area contributed by atoms with Crippen molar-refractivity contribution in [3.63, 3.8) is 0 Å². The van der Waals surface area contributed by atoms with Crippen molar-refractivity contribution in [3.8, 4) is 0 Å². The van der Waals surface area contributed by atoms with Gasteiger partial charge in [0.15, 0.2) is 0 Å². The van der Waals surface area contributed by atoms with E-state index in [1.54, 1.807) is 0 Å². The molecule has 1 rings (SSSR count). The number of rotatable bonds is 2. The zero-order valence-corrected chi connectivity index (χ0v) is 7.05. The van der Waals surface area contributed by atoms with Gasteiger partial charge in [0.1, 0.15) is 5.69 Å². The molecule has 1 aromatic heterocycles. The summed E-state index contributed by atoms with van der Waals surface area (Å²) in [7, 11) is 0. The van der Waals surface area contributed by atoms with E-state index in [-0.39, 0.29) is 10.7 Å². The monoisotopic (exact) mass is 206 g/mol. The summed E-state index contributed by atoms with van der Waals surface area (Å²) in [6.45, 7) is 0. The summed E-state index contributed by atoms with van der Waals surface area (Å²) in [6, 6.07) is 1.04. The van der Waals surface area contributed by atoms with Crippen LogP contribution in [0.2, 0.25) is 5.02 Å². The average Bonchev–Trinajstić information content (AvgIpc) is 2.03. The molecule has 3 nitrogen and oxygen atoms in total. The summed E-state index contributed by atoms with van der Waals surface area (Å²) < 4.78 is 24.4. The molecule has 6 heteroatoms. The lowest BCUT2D eigenvalue weighted by Gasteiger charge is -2.04. The van der Waals surface area contributed by atoms with E-state index in [0.717, 1.165) is 12.3 Å². The van der Waals surface area contributed by atoms with Crippen molar-refractivity contribution in [1.82, 2.24) is 4.98 Å². The molecule has 1 aromatic rings. The zero-order valence-electron chi connectivity index (χ0n) is 6.30. The summed E-state index contributed by atoms with van der Waals surface area (Å²) in [5.41, 5.74) is 4.08. The predicted molar refractivity (Wildman–Crippen MR) is 42.7 cm³/mol. The molecule has 1 heterocycles. The van der Waals surface area contributed by atoms with Crippen LogP contribution in [-0.4, -0.2) is 10.9 Å². The fraction of sp³-hybridized carbons (Fsp3) is 0.143. The number of nitrogens with two attached hydrogens (primary N) is 1. The number of pyridine rings is 1. The SMILES string of the molecule is NC(=O)c1nccc(C(F)F)c1Cl. The van der Waals surface area contributed by atoms with E-state index in [4.69, 9.17) is 17.3 Å². The van der Waals surface area contributed by atoms with Crippen molar-refractivity contribution in [2.45, 2.75) is 6.43 Å². The van der Waals surface area contributed by atoms with Crippen molar-refractivity contribution in [3.05, 3.63) is 28.5 Å². The van der Waals surface area contributed by atoms with Gasteiger partial charge < -0.3 is 5.73 Å². The molecule has 0 spiro atoms. The second kappa shape index (κ2) is 3.66. The number of amides is 1. The number of aromatic nitrogens is 1. The molecule has 2 N–H and O–H groups in total. The molecular weight excluding hydrogens is 202 g/mol. The third-order valence-corrected chi connectivity index (χ3v) is 1.78. The predicted octanol–water partition coefficient (Wildman–Crippen LogP) is 1.77. The average molecular weight is 207 g/mol. The van der Waals surface area contributed by atoms with Crippen molar-refractivity contribution in [2.75, 3.05) is 0 Å². The first-order valence-electron chi connectivity index (χ1n) is 3.26. The fourth-order valence-electron chi connectivity index (χ4n) is 0.799. The molecule has 1 amide bonds. The van der Waals surface area contributed by atoms with Gasteiger partial charge in [-0.2, -0.15) is 0 Å². The highest BCUT2D eigenvalue weighted by molar-refractivity contribution is 6.34. The highest BCUT2D eigenvalue weighted by atomic mass is 35.5. The van der Waals surface area contributed by atoms with E-state index in [2.05, 4.69) is 4.98 Å². The van der Waals surface area contributed by atoms with Gasteiger partial charge >= 0.3 is 0 Å². The normalized spacial score (nSPS) is 10.5. The fourth-order valence-corrected chi connectivity index (χ4v) is 1.09. The Kier molecular flexibility index (Phi) is 2.77. The molecule has 0 bridgehead atoms. The first-order chi connectivity index (χ1) is 6.04. The van der Waals surface area contributed by atoms with Crippen LogP contribution in [0.1, 0.15) is 22.5 Å². The number of alkyl halides is 2. The van der Waals surface area contributed by atoms with E-state index in [0.29, 0.717) is 0 Å². The van der Waals surface area contributed by atoms with Gasteiger partial charge in [-0.1, -0.05) is 11.6 Å². The van der Waals surface area contributed by atoms with Crippen LogP contribution >= 0.6 is 11.6 Å². The van der Waals surface area contributed by atoms with Crippen molar-refractivity contribution < 1.29 is 13.6 Å². The standard InChI is InChI=1S/C7H5ClF2N2O/c8-4-3(6(9)10)1-2-12-5(4)7(11)13/h1-2,6H,(H2,11,13). The maximum atomic E-state index is 12.2. The molecular formula is C7H5ClF2N2O. The van der Waals surface area contributed by atoms with Gasteiger partial charge in [-0.25, -0.2) is 13.8 Å². The summed E-state index contributed by atoms with van der Waals surface area (Å²) in [6.07, 6.45) is -1.68. The quantitative estimate of drug-likeness (QED) is 0.802. The molecule has 0 aromatic carbocycles. The van der Waals surface area contributed by atoms with E-state index in [1.165, 1.54) is 0 Å². The van der Waals surface area contributed by atoms with Crippen LogP contribution in [0, 0.1) is 0 Å². The Bertz CT molecular complexity index is 343. The third-order valence-electron chi connectivity index (χ3n) is 1.39. The number of carbonyl (C=O) groups is 1. The van der Waals surface area contributed by atoms with Crippen molar-refractivity contribution in [2.24, 2.45) is 5.73 Å². The number of nitrogens with zero attached hydrogens (tertiary/aromatic N) is 1. The van der Waals surface area contributed by atoms with Crippen LogP contribution < -0.4 is 5.73 Å². The molecule has 0 aliphatic carbocycles. The van der Waals surface area contributed by atoms with Gasteiger partial charge in [-0.15, -0.1) is 0 Å². The van der Waals surface area contributed by atoms with Gasteiger partial charge in [0.2, 0.25) is 0 Å². The molecule has 0 radical (unpaired) electrons. The lowest BCUT2D eigenvalue weighted by molar-refractivity contribution is 0.0995. The molecule has 0 aliphatic heterocycles. The largest absolute Gasteiger partial charge is 0.364 e. The van der Waals surface area contributed by atoms with Crippen LogP contribution in [0.3, 0.4) is 0 Å². The first kappa shape index (κ1) is 9.85. The van der Waals surface area contributed by atoms with Gasteiger partial charge in [-0.3, -0.25) is 4.79 Å². The number of primary amides is 1. The molecule has 13 heavy (non-hydrogen) atoms. The topological polar surface area (TPSA) is 56.0 Å². The summed E-state index contributed by atoms with van der Waals surface area (Å²) in [5.74, 6) is -0.924. The number of halogens is 3. The van der Waals surface area contributed by atoms with E-state index >= 15 is 0 Å². The third kappa shape index (κ3) is 1.92. The summed E-state index contributed by atoms with van der Waals surface area (Å²) >= 11 is 5.46. The molecule has 0 saturated carbocycles.